The van der Waals surface area contributed by atoms with Crippen molar-refractivity contribution in [2.45, 2.75) is 38.7 Å². The Morgan fingerprint density at radius 3 is 2.52 bits per heavy atom. The summed E-state index contributed by atoms with van der Waals surface area (Å²) in [6.45, 7) is 5.27. The molecule has 1 saturated carbocycles. The van der Waals surface area contributed by atoms with Gasteiger partial charge in [0.2, 0.25) is 0 Å². The van der Waals surface area contributed by atoms with E-state index in [-0.39, 0.29) is 11.7 Å². The number of hydrogen-bond acceptors (Lipinski definition) is 4. The molecule has 0 aromatic heterocycles. The largest absolute Gasteiger partial charge is 0.508 e. The highest BCUT2D eigenvalue weighted by Gasteiger charge is 2.45. The fourth-order valence-corrected chi connectivity index (χ4v) is 2.20. The minimum atomic E-state index is -0.869. The molecule has 1 fully saturated rings. The Morgan fingerprint density at radius 2 is 2.00 bits per heavy atom. The number of benzene rings is 1. The van der Waals surface area contributed by atoms with E-state index in [4.69, 9.17) is 9.84 Å². The number of rotatable bonds is 3. The Kier molecular flexibility index (Phi) is 3.80. The number of nitrogens with one attached hydrogen (secondary N) is 1. The van der Waals surface area contributed by atoms with E-state index in [1.165, 1.54) is 12.1 Å². The molecule has 1 amide bonds. The second-order valence-corrected chi connectivity index (χ2v) is 6.19. The molecule has 0 bridgehead atoms. The Balaban J connectivity index is 2.17. The highest BCUT2D eigenvalue weighted by molar-refractivity contribution is 5.87. The third-order valence-electron chi connectivity index (χ3n) is 3.18. The number of ether oxygens (including phenoxy) is 1. The Morgan fingerprint density at radius 1 is 1.33 bits per heavy atom. The van der Waals surface area contributed by atoms with Gasteiger partial charge in [0.15, 0.2) is 0 Å². The molecular formula is C15H19NO5. The molecule has 0 saturated heterocycles. The average Bonchev–Trinajstić information content (AvgIpc) is 3.09. The van der Waals surface area contributed by atoms with E-state index < -0.39 is 23.6 Å². The molecule has 1 aromatic rings. The average molecular weight is 293 g/mol. The summed E-state index contributed by atoms with van der Waals surface area (Å²) in [6, 6.07) is 4.47. The zero-order valence-corrected chi connectivity index (χ0v) is 12.2. The SMILES string of the molecule is CC(C)(C)OC(=O)Nc1ccc(O)cc1[C@@H]1C[C@H]1C(=O)O. The molecule has 1 aliphatic carbocycles. The van der Waals surface area contributed by atoms with E-state index in [1.54, 1.807) is 26.8 Å². The van der Waals surface area contributed by atoms with Gasteiger partial charge < -0.3 is 14.9 Å². The lowest BCUT2D eigenvalue weighted by molar-refractivity contribution is -0.138. The van der Waals surface area contributed by atoms with Crippen molar-refractivity contribution in [1.82, 2.24) is 0 Å². The fraction of sp³-hybridized carbons (Fsp3) is 0.467. The second-order valence-electron chi connectivity index (χ2n) is 6.19. The zero-order valence-electron chi connectivity index (χ0n) is 12.2. The number of aromatic hydroxyl groups is 1. The molecule has 0 unspecified atom stereocenters. The summed E-state index contributed by atoms with van der Waals surface area (Å²) in [7, 11) is 0. The van der Waals surface area contributed by atoms with E-state index in [0.717, 1.165) is 0 Å². The maximum atomic E-state index is 11.8. The van der Waals surface area contributed by atoms with Crippen LogP contribution in [0.1, 0.15) is 38.7 Å². The Labute approximate surface area is 122 Å². The first kappa shape index (κ1) is 15.2. The monoisotopic (exact) mass is 293 g/mol. The minimum Gasteiger partial charge on any atom is -0.508 e. The quantitative estimate of drug-likeness (QED) is 0.745. The lowest BCUT2D eigenvalue weighted by Crippen LogP contribution is -2.27. The number of carbonyl (C=O) groups excluding carboxylic acids is 1. The van der Waals surface area contributed by atoms with Crippen LogP contribution in [0.5, 0.6) is 5.75 Å². The summed E-state index contributed by atoms with van der Waals surface area (Å²) in [6.07, 6.45) is -0.108. The maximum absolute atomic E-state index is 11.8. The first-order chi connectivity index (χ1) is 9.67. The van der Waals surface area contributed by atoms with Crippen molar-refractivity contribution in [2.75, 3.05) is 5.32 Å². The molecule has 0 aliphatic heterocycles. The summed E-state index contributed by atoms with van der Waals surface area (Å²) < 4.78 is 5.17. The van der Waals surface area contributed by atoms with E-state index in [1.807, 2.05) is 0 Å². The lowest BCUT2D eigenvalue weighted by atomic mass is 10.1. The van der Waals surface area contributed by atoms with Crippen molar-refractivity contribution in [3.8, 4) is 5.75 Å². The van der Waals surface area contributed by atoms with E-state index in [0.29, 0.717) is 17.7 Å². The van der Waals surface area contributed by atoms with Crippen LogP contribution in [-0.4, -0.2) is 27.9 Å². The number of aliphatic carboxylic acids is 1. The first-order valence-electron chi connectivity index (χ1n) is 6.73. The molecule has 114 valence electrons. The Hall–Kier alpha value is -2.24. The van der Waals surface area contributed by atoms with Crippen molar-refractivity contribution in [3.63, 3.8) is 0 Å². The second kappa shape index (κ2) is 5.27. The van der Waals surface area contributed by atoms with Gasteiger partial charge in [-0.05, 0) is 51.0 Å². The van der Waals surface area contributed by atoms with Crippen LogP contribution in [0.25, 0.3) is 0 Å². The van der Waals surface area contributed by atoms with Gasteiger partial charge in [0.25, 0.3) is 0 Å². The molecular weight excluding hydrogens is 274 g/mol. The van der Waals surface area contributed by atoms with Crippen LogP contribution in [-0.2, 0) is 9.53 Å². The number of hydrogen-bond donors (Lipinski definition) is 3. The molecule has 0 spiro atoms. The number of phenols is 1. The smallest absolute Gasteiger partial charge is 0.412 e. The van der Waals surface area contributed by atoms with Gasteiger partial charge in [-0.15, -0.1) is 0 Å². The number of carboxylic acids is 1. The van der Waals surface area contributed by atoms with Gasteiger partial charge in [-0.25, -0.2) is 4.79 Å². The van der Waals surface area contributed by atoms with Gasteiger partial charge in [0.05, 0.1) is 5.92 Å². The Bertz CT molecular complexity index is 576. The van der Waals surface area contributed by atoms with Gasteiger partial charge in [-0.1, -0.05) is 0 Å². The third kappa shape index (κ3) is 3.87. The van der Waals surface area contributed by atoms with Crippen molar-refractivity contribution in [1.29, 1.82) is 0 Å². The van der Waals surface area contributed by atoms with Crippen LogP contribution in [0.3, 0.4) is 0 Å². The lowest BCUT2D eigenvalue weighted by Gasteiger charge is -2.20. The molecule has 1 aliphatic rings. The molecule has 6 heteroatoms. The van der Waals surface area contributed by atoms with Crippen molar-refractivity contribution >= 4 is 17.7 Å². The number of anilines is 1. The predicted octanol–water partition coefficient (Wildman–Crippen LogP) is 2.93. The van der Waals surface area contributed by atoms with Crippen LogP contribution in [0.2, 0.25) is 0 Å². The summed E-state index contributed by atoms with van der Waals surface area (Å²) in [5.41, 5.74) is 0.466. The highest BCUT2D eigenvalue weighted by Crippen LogP contribution is 2.50. The minimum absolute atomic E-state index is 0.0378. The number of carboxylic acid groups (broad SMARTS) is 1. The van der Waals surface area contributed by atoms with Gasteiger partial charge in [-0.2, -0.15) is 0 Å². The molecule has 2 rings (SSSR count). The van der Waals surface area contributed by atoms with Crippen LogP contribution < -0.4 is 5.32 Å². The van der Waals surface area contributed by atoms with Crippen LogP contribution >= 0.6 is 0 Å². The van der Waals surface area contributed by atoms with Crippen LogP contribution in [0, 0.1) is 5.92 Å². The summed E-state index contributed by atoms with van der Waals surface area (Å²) in [5.74, 6) is -1.49. The molecule has 21 heavy (non-hydrogen) atoms. The van der Waals surface area contributed by atoms with Crippen molar-refractivity contribution in [2.24, 2.45) is 5.92 Å². The van der Waals surface area contributed by atoms with Crippen LogP contribution in [0.4, 0.5) is 10.5 Å². The zero-order chi connectivity index (χ0) is 15.8. The standard InChI is InChI=1S/C15H19NO5/c1-15(2,3)21-14(20)16-12-5-4-8(17)6-10(12)9-7-11(9)13(18)19/h4-6,9,11,17H,7H2,1-3H3,(H,16,20)(H,18,19)/t9-,11+/m0/s1. The van der Waals surface area contributed by atoms with Gasteiger partial charge >= 0.3 is 12.1 Å². The number of carbonyl (C=O) groups is 2. The van der Waals surface area contributed by atoms with Crippen molar-refractivity contribution < 1.29 is 24.5 Å². The van der Waals surface area contributed by atoms with E-state index in [2.05, 4.69) is 5.32 Å². The third-order valence-corrected chi connectivity index (χ3v) is 3.18. The molecule has 0 heterocycles. The molecule has 2 atom stereocenters. The highest BCUT2D eigenvalue weighted by atomic mass is 16.6. The molecule has 6 nitrogen and oxygen atoms in total. The predicted molar refractivity (Wildman–Crippen MR) is 76.4 cm³/mol. The van der Waals surface area contributed by atoms with Crippen LogP contribution in [0.15, 0.2) is 18.2 Å². The number of amides is 1. The summed E-state index contributed by atoms with van der Waals surface area (Å²) >= 11 is 0. The van der Waals surface area contributed by atoms with Gasteiger partial charge in [-0.3, -0.25) is 10.1 Å². The van der Waals surface area contributed by atoms with E-state index >= 15 is 0 Å². The molecule has 1 aromatic carbocycles. The van der Waals surface area contributed by atoms with Crippen molar-refractivity contribution in [3.05, 3.63) is 23.8 Å². The van der Waals surface area contributed by atoms with E-state index in [9.17, 15) is 14.7 Å². The maximum Gasteiger partial charge on any atom is 0.412 e. The summed E-state index contributed by atoms with van der Waals surface area (Å²) in [5, 5.41) is 21.2. The topological polar surface area (TPSA) is 95.9 Å². The normalized spacial score (nSPS) is 20.7. The number of phenolic OH excluding ortho intramolecular Hbond substituents is 1. The first-order valence-corrected chi connectivity index (χ1v) is 6.73. The molecule has 0 radical (unpaired) electrons. The van der Waals surface area contributed by atoms with Gasteiger partial charge in [0.1, 0.15) is 11.4 Å². The summed E-state index contributed by atoms with van der Waals surface area (Å²) in [4.78, 5) is 22.8. The fourth-order valence-electron chi connectivity index (χ4n) is 2.20. The van der Waals surface area contributed by atoms with Gasteiger partial charge in [0, 0.05) is 11.6 Å². The molecule has 3 N–H and O–H groups in total.